The summed E-state index contributed by atoms with van der Waals surface area (Å²) in [5.74, 6) is -0.558. The van der Waals surface area contributed by atoms with Gasteiger partial charge in [0.1, 0.15) is 5.82 Å². The normalized spacial score (nSPS) is 19.5. The lowest BCUT2D eigenvalue weighted by Crippen LogP contribution is -2.43. The van der Waals surface area contributed by atoms with E-state index < -0.39 is 15.8 Å². The molecule has 0 unspecified atom stereocenters. The van der Waals surface area contributed by atoms with E-state index in [1.807, 2.05) is 0 Å². The van der Waals surface area contributed by atoms with Crippen molar-refractivity contribution in [2.24, 2.45) is 5.92 Å². The van der Waals surface area contributed by atoms with Crippen molar-refractivity contribution < 1.29 is 17.6 Å². The zero-order valence-electron chi connectivity index (χ0n) is 11.9. The Balaban J connectivity index is 1.99. The summed E-state index contributed by atoms with van der Waals surface area (Å²) in [7, 11) is -3.22. The topological polar surface area (TPSA) is 66.5 Å². The number of halogens is 1. The lowest BCUT2D eigenvalue weighted by Gasteiger charge is -2.32. The van der Waals surface area contributed by atoms with Gasteiger partial charge in [-0.3, -0.25) is 4.79 Å². The van der Waals surface area contributed by atoms with Gasteiger partial charge < -0.3 is 4.90 Å². The Kier molecular flexibility index (Phi) is 4.95. The second-order valence-electron chi connectivity index (χ2n) is 5.39. The van der Waals surface area contributed by atoms with Crippen LogP contribution in [-0.4, -0.2) is 45.1 Å². The fourth-order valence-corrected chi connectivity index (χ4v) is 3.03. The molecule has 1 N–H and O–H groups in total. The van der Waals surface area contributed by atoms with Crippen molar-refractivity contribution in [3.63, 3.8) is 0 Å². The number of carbonyl (C=O) groups excluding carboxylic acids is 1. The van der Waals surface area contributed by atoms with Crippen LogP contribution in [0.15, 0.2) is 24.3 Å². The van der Waals surface area contributed by atoms with Gasteiger partial charge in [-0.1, -0.05) is 6.07 Å². The summed E-state index contributed by atoms with van der Waals surface area (Å²) >= 11 is 0. The number of hydrogen-bond acceptors (Lipinski definition) is 3. The maximum atomic E-state index is 13.2. The molecule has 1 heterocycles. The fraction of sp³-hybridized carbons (Fsp3) is 0.500. The van der Waals surface area contributed by atoms with Crippen molar-refractivity contribution in [1.29, 1.82) is 0 Å². The molecule has 1 atom stereocenters. The number of benzene rings is 1. The molecule has 0 radical (unpaired) electrons. The van der Waals surface area contributed by atoms with Gasteiger partial charge in [0.15, 0.2) is 0 Å². The minimum atomic E-state index is -3.22. The lowest BCUT2D eigenvalue weighted by molar-refractivity contribution is 0.0676. The van der Waals surface area contributed by atoms with Gasteiger partial charge in [0.2, 0.25) is 10.0 Å². The fourth-order valence-electron chi connectivity index (χ4n) is 2.49. The zero-order chi connectivity index (χ0) is 15.5. The van der Waals surface area contributed by atoms with Crippen LogP contribution in [0.5, 0.6) is 0 Å². The van der Waals surface area contributed by atoms with E-state index in [9.17, 15) is 17.6 Å². The van der Waals surface area contributed by atoms with Gasteiger partial charge in [0.25, 0.3) is 5.91 Å². The number of piperidine rings is 1. The summed E-state index contributed by atoms with van der Waals surface area (Å²) in [6.07, 6.45) is 2.80. The molecule has 0 aromatic heterocycles. The van der Waals surface area contributed by atoms with Crippen LogP contribution in [0.4, 0.5) is 4.39 Å². The first-order chi connectivity index (χ1) is 9.85. The third kappa shape index (κ3) is 4.78. The summed E-state index contributed by atoms with van der Waals surface area (Å²) in [6.45, 7) is 1.42. The standard InChI is InChI=1S/C14H19FN2O3S/c1-21(19,20)16-9-11-4-3-7-17(10-11)14(18)12-5-2-6-13(15)8-12/h2,5-6,8,11,16H,3-4,7,9-10H2,1H3/t11-/m1/s1. The quantitative estimate of drug-likeness (QED) is 0.909. The maximum absolute atomic E-state index is 13.2. The number of hydrogen-bond donors (Lipinski definition) is 1. The third-order valence-electron chi connectivity index (χ3n) is 3.51. The molecule has 0 saturated carbocycles. The monoisotopic (exact) mass is 314 g/mol. The van der Waals surface area contributed by atoms with E-state index in [2.05, 4.69) is 4.72 Å². The Morgan fingerprint density at radius 1 is 1.48 bits per heavy atom. The largest absolute Gasteiger partial charge is 0.338 e. The van der Waals surface area contributed by atoms with Crippen LogP contribution < -0.4 is 4.72 Å². The van der Waals surface area contributed by atoms with Gasteiger partial charge in [-0.2, -0.15) is 0 Å². The average molecular weight is 314 g/mol. The summed E-state index contributed by atoms with van der Waals surface area (Å²) < 4.78 is 37.9. The predicted octanol–water partition coefficient (Wildman–Crippen LogP) is 1.23. The highest BCUT2D eigenvalue weighted by molar-refractivity contribution is 7.88. The Morgan fingerprint density at radius 3 is 2.90 bits per heavy atom. The zero-order valence-corrected chi connectivity index (χ0v) is 12.7. The second kappa shape index (κ2) is 6.53. The number of rotatable bonds is 4. The number of amides is 1. The number of likely N-dealkylation sites (tertiary alicyclic amines) is 1. The molecule has 1 aromatic rings. The highest BCUT2D eigenvalue weighted by atomic mass is 32.2. The Bertz CT molecular complexity index is 618. The van der Waals surface area contributed by atoms with E-state index in [0.29, 0.717) is 25.2 Å². The highest BCUT2D eigenvalue weighted by Gasteiger charge is 2.25. The molecule has 2 rings (SSSR count). The molecular weight excluding hydrogens is 295 g/mol. The summed E-state index contributed by atoms with van der Waals surface area (Å²) in [5.41, 5.74) is 0.326. The van der Waals surface area contributed by atoms with Crippen LogP contribution in [0.25, 0.3) is 0 Å². The minimum Gasteiger partial charge on any atom is -0.338 e. The first-order valence-corrected chi connectivity index (χ1v) is 8.74. The van der Waals surface area contributed by atoms with Gasteiger partial charge in [-0.25, -0.2) is 17.5 Å². The first-order valence-electron chi connectivity index (χ1n) is 6.84. The first kappa shape index (κ1) is 15.9. The molecule has 116 valence electrons. The van der Waals surface area contributed by atoms with E-state index in [4.69, 9.17) is 0 Å². The Morgan fingerprint density at radius 2 is 2.24 bits per heavy atom. The van der Waals surface area contributed by atoms with Crippen LogP contribution in [-0.2, 0) is 10.0 Å². The molecule has 1 amide bonds. The van der Waals surface area contributed by atoms with Crippen LogP contribution in [0.3, 0.4) is 0 Å². The molecule has 0 spiro atoms. The van der Waals surface area contributed by atoms with E-state index in [1.54, 1.807) is 11.0 Å². The molecule has 1 aliphatic heterocycles. The van der Waals surface area contributed by atoms with E-state index >= 15 is 0 Å². The predicted molar refractivity (Wildman–Crippen MR) is 77.9 cm³/mol. The van der Waals surface area contributed by atoms with Gasteiger partial charge >= 0.3 is 0 Å². The Hall–Kier alpha value is -1.47. The van der Waals surface area contributed by atoms with Crippen LogP contribution in [0, 0.1) is 11.7 Å². The molecule has 0 aliphatic carbocycles. The van der Waals surface area contributed by atoms with Crippen molar-refractivity contribution in [2.75, 3.05) is 25.9 Å². The molecule has 0 bridgehead atoms. The molecule has 1 fully saturated rings. The van der Waals surface area contributed by atoms with E-state index in [1.165, 1.54) is 18.2 Å². The van der Waals surface area contributed by atoms with Crippen molar-refractivity contribution in [3.05, 3.63) is 35.6 Å². The molecule has 1 saturated heterocycles. The van der Waals surface area contributed by atoms with Gasteiger partial charge in [0.05, 0.1) is 6.26 Å². The number of nitrogens with zero attached hydrogens (tertiary/aromatic N) is 1. The van der Waals surface area contributed by atoms with Crippen molar-refractivity contribution in [1.82, 2.24) is 9.62 Å². The number of carbonyl (C=O) groups is 1. The van der Waals surface area contributed by atoms with Crippen molar-refractivity contribution in [2.45, 2.75) is 12.8 Å². The summed E-state index contributed by atoms with van der Waals surface area (Å²) in [4.78, 5) is 14.0. The van der Waals surface area contributed by atoms with Gasteiger partial charge in [-0.15, -0.1) is 0 Å². The molecule has 1 aromatic carbocycles. The van der Waals surface area contributed by atoms with E-state index in [0.717, 1.165) is 19.1 Å². The van der Waals surface area contributed by atoms with Gasteiger partial charge in [0, 0.05) is 25.2 Å². The van der Waals surface area contributed by atoms with Crippen LogP contribution >= 0.6 is 0 Å². The molecular formula is C14H19FN2O3S. The lowest BCUT2D eigenvalue weighted by atomic mass is 9.97. The summed E-state index contributed by atoms with van der Waals surface area (Å²) in [5, 5.41) is 0. The summed E-state index contributed by atoms with van der Waals surface area (Å²) in [6, 6.07) is 5.62. The van der Waals surface area contributed by atoms with Gasteiger partial charge in [-0.05, 0) is 37.0 Å². The van der Waals surface area contributed by atoms with Crippen LogP contribution in [0.2, 0.25) is 0 Å². The number of nitrogens with one attached hydrogen (secondary N) is 1. The van der Waals surface area contributed by atoms with Crippen molar-refractivity contribution in [3.8, 4) is 0 Å². The van der Waals surface area contributed by atoms with Crippen LogP contribution in [0.1, 0.15) is 23.2 Å². The number of sulfonamides is 1. The maximum Gasteiger partial charge on any atom is 0.253 e. The molecule has 21 heavy (non-hydrogen) atoms. The Labute approximate surface area is 124 Å². The highest BCUT2D eigenvalue weighted by Crippen LogP contribution is 2.18. The second-order valence-corrected chi connectivity index (χ2v) is 7.22. The average Bonchev–Trinajstić information content (AvgIpc) is 2.44. The molecule has 1 aliphatic rings. The van der Waals surface area contributed by atoms with E-state index in [-0.39, 0.29) is 11.8 Å². The molecule has 7 heteroatoms. The third-order valence-corrected chi connectivity index (χ3v) is 4.20. The molecule has 5 nitrogen and oxygen atoms in total. The SMILES string of the molecule is CS(=O)(=O)NC[C@H]1CCCN(C(=O)c2cccc(F)c2)C1. The minimum absolute atomic E-state index is 0.0889. The van der Waals surface area contributed by atoms with Crippen molar-refractivity contribution >= 4 is 15.9 Å². The smallest absolute Gasteiger partial charge is 0.253 e.